The molecule has 3 aromatic rings. The van der Waals surface area contributed by atoms with E-state index >= 15 is 0 Å². The molecule has 1 amide bonds. The number of anilines is 1. The first-order chi connectivity index (χ1) is 12.8. The van der Waals surface area contributed by atoms with Crippen molar-refractivity contribution in [2.75, 3.05) is 5.32 Å². The van der Waals surface area contributed by atoms with Crippen molar-refractivity contribution in [2.24, 2.45) is 0 Å². The maximum absolute atomic E-state index is 14.4. The summed E-state index contributed by atoms with van der Waals surface area (Å²) in [6.07, 6.45) is 0. The second-order valence-corrected chi connectivity index (χ2v) is 7.98. The molecule has 4 rings (SSSR count). The zero-order chi connectivity index (χ0) is 19.3. The molecule has 0 bridgehead atoms. The molecule has 0 saturated heterocycles. The van der Waals surface area contributed by atoms with E-state index in [0.29, 0.717) is 0 Å². The second kappa shape index (κ2) is 6.25. The molecular formula is C20H12ClF2NO2S. The molecule has 1 aliphatic rings. The van der Waals surface area contributed by atoms with Crippen LogP contribution in [0.25, 0.3) is 11.1 Å². The minimum Gasteiger partial charge on any atom is -0.316 e. The summed E-state index contributed by atoms with van der Waals surface area (Å²) in [6, 6.07) is 11.3. The minimum absolute atomic E-state index is 0.140. The van der Waals surface area contributed by atoms with Gasteiger partial charge in [-0.15, -0.1) is 11.3 Å². The Morgan fingerprint density at radius 1 is 1.04 bits per heavy atom. The van der Waals surface area contributed by atoms with E-state index in [0.717, 1.165) is 17.4 Å². The molecule has 1 aliphatic heterocycles. The summed E-state index contributed by atoms with van der Waals surface area (Å²) in [6.45, 7) is 1.43. The topological polar surface area (TPSA) is 46.2 Å². The number of benzene rings is 2. The van der Waals surface area contributed by atoms with Crippen LogP contribution < -0.4 is 5.32 Å². The van der Waals surface area contributed by atoms with Gasteiger partial charge in [-0.2, -0.15) is 0 Å². The summed E-state index contributed by atoms with van der Waals surface area (Å²) in [4.78, 5) is 26.2. The van der Waals surface area contributed by atoms with Gasteiger partial charge in [0.25, 0.3) is 0 Å². The van der Waals surface area contributed by atoms with Crippen molar-refractivity contribution in [1.82, 2.24) is 0 Å². The average Bonchev–Trinajstić information content (AvgIpc) is 2.96. The molecule has 2 aromatic carbocycles. The summed E-state index contributed by atoms with van der Waals surface area (Å²) in [5.41, 5.74) is -0.883. The van der Waals surface area contributed by atoms with Gasteiger partial charge in [-0.1, -0.05) is 41.9 Å². The number of Topliss-reactive ketones (excluding diaryl/α,β-unsaturated/α-hetero) is 1. The van der Waals surface area contributed by atoms with Crippen molar-refractivity contribution >= 4 is 39.6 Å². The van der Waals surface area contributed by atoms with Crippen molar-refractivity contribution in [3.05, 3.63) is 75.6 Å². The molecule has 1 N–H and O–H groups in total. The Morgan fingerprint density at radius 3 is 2.48 bits per heavy atom. The van der Waals surface area contributed by atoms with Crippen LogP contribution in [0.1, 0.15) is 22.8 Å². The third kappa shape index (κ3) is 2.59. The highest BCUT2D eigenvalue weighted by molar-refractivity contribution is 7.21. The fourth-order valence-corrected chi connectivity index (χ4v) is 4.62. The summed E-state index contributed by atoms with van der Waals surface area (Å²) in [5, 5.41) is 2.94. The van der Waals surface area contributed by atoms with Crippen molar-refractivity contribution in [2.45, 2.75) is 12.3 Å². The number of fused-ring (bicyclic) bond motifs is 1. The van der Waals surface area contributed by atoms with Gasteiger partial charge in [0, 0.05) is 11.1 Å². The Labute approximate surface area is 162 Å². The maximum atomic E-state index is 14.4. The molecule has 27 heavy (non-hydrogen) atoms. The molecule has 3 nitrogen and oxygen atoms in total. The Balaban J connectivity index is 1.96. The van der Waals surface area contributed by atoms with Crippen LogP contribution in [0.15, 0.2) is 48.5 Å². The second-order valence-electron chi connectivity index (χ2n) is 6.35. The molecule has 0 radical (unpaired) electrons. The molecule has 1 unspecified atom stereocenters. The van der Waals surface area contributed by atoms with E-state index in [1.807, 2.05) is 0 Å². The quantitative estimate of drug-likeness (QED) is 0.579. The fraction of sp³-hybridized carbons (Fsp3) is 0.100. The first-order valence-electron chi connectivity index (χ1n) is 8.03. The van der Waals surface area contributed by atoms with Crippen molar-refractivity contribution < 1.29 is 18.4 Å². The summed E-state index contributed by atoms with van der Waals surface area (Å²) in [5.74, 6) is -2.22. The van der Waals surface area contributed by atoms with Crippen LogP contribution in [0.2, 0.25) is 4.34 Å². The maximum Gasteiger partial charge on any atom is 0.243 e. The number of ketones is 1. The molecule has 0 saturated carbocycles. The normalized spacial score (nSPS) is 19.0. The number of carbonyl (C=O) groups is 2. The van der Waals surface area contributed by atoms with Crippen LogP contribution >= 0.6 is 22.9 Å². The van der Waals surface area contributed by atoms with E-state index < -0.39 is 28.7 Å². The largest absolute Gasteiger partial charge is 0.316 e. The van der Waals surface area contributed by atoms with Crippen molar-refractivity contribution in [3.63, 3.8) is 0 Å². The molecule has 0 aliphatic carbocycles. The van der Waals surface area contributed by atoms with Gasteiger partial charge in [-0.3, -0.25) is 9.59 Å². The van der Waals surface area contributed by atoms with Gasteiger partial charge >= 0.3 is 0 Å². The highest BCUT2D eigenvalue weighted by Crippen LogP contribution is 2.49. The SMILES string of the molecule is CC1(c2cccc(F)c2)C(=O)Nc2sc(Cl)c(-c3ccccc3F)c2C1=O. The highest BCUT2D eigenvalue weighted by Gasteiger charge is 2.49. The Bertz CT molecular complexity index is 1110. The number of hydrogen-bond donors (Lipinski definition) is 1. The monoisotopic (exact) mass is 403 g/mol. The van der Waals surface area contributed by atoms with E-state index in [-0.39, 0.29) is 31.6 Å². The summed E-state index contributed by atoms with van der Waals surface area (Å²) in [7, 11) is 0. The lowest BCUT2D eigenvalue weighted by atomic mass is 9.73. The van der Waals surface area contributed by atoms with E-state index in [1.165, 1.54) is 43.3 Å². The van der Waals surface area contributed by atoms with Gasteiger partial charge in [0.1, 0.15) is 26.4 Å². The predicted molar refractivity (Wildman–Crippen MR) is 101 cm³/mol. The van der Waals surface area contributed by atoms with E-state index in [4.69, 9.17) is 11.6 Å². The van der Waals surface area contributed by atoms with Crippen molar-refractivity contribution in [3.8, 4) is 11.1 Å². The number of thiophene rings is 1. The predicted octanol–water partition coefficient (Wildman–Crippen LogP) is 5.44. The number of halogens is 3. The van der Waals surface area contributed by atoms with E-state index in [1.54, 1.807) is 6.07 Å². The summed E-state index contributed by atoms with van der Waals surface area (Å²) < 4.78 is 28.3. The first-order valence-corrected chi connectivity index (χ1v) is 9.23. The average molecular weight is 404 g/mol. The third-order valence-corrected chi connectivity index (χ3v) is 6.09. The molecule has 7 heteroatoms. The van der Waals surface area contributed by atoms with Gasteiger partial charge in [0.15, 0.2) is 5.78 Å². The van der Waals surface area contributed by atoms with E-state index in [2.05, 4.69) is 5.32 Å². The molecule has 1 aromatic heterocycles. The third-order valence-electron chi connectivity index (χ3n) is 4.77. The van der Waals surface area contributed by atoms with Gasteiger partial charge < -0.3 is 5.32 Å². The van der Waals surface area contributed by atoms with Gasteiger partial charge in [0.2, 0.25) is 5.91 Å². The minimum atomic E-state index is -1.65. The fourth-order valence-electron chi connectivity index (χ4n) is 3.26. The number of rotatable bonds is 2. The van der Waals surface area contributed by atoms with Crippen LogP contribution in [0, 0.1) is 11.6 Å². The lowest BCUT2D eigenvalue weighted by Gasteiger charge is -2.31. The van der Waals surface area contributed by atoms with Crippen LogP contribution in [0.5, 0.6) is 0 Å². The molecule has 0 fully saturated rings. The molecule has 0 spiro atoms. The summed E-state index contributed by atoms with van der Waals surface area (Å²) >= 11 is 7.31. The van der Waals surface area contributed by atoms with Crippen LogP contribution in [0.3, 0.4) is 0 Å². The lowest BCUT2D eigenvalue weighted by Crippen LogP contribution is -2.48. The zero-order valence-corrected chi connectivity index (χ0v) is 15.5. The van der Waals surface area contributed by atoms with Crippen LogP contribution in [0.4, 0.5) is 13.8 Å². The Morgan fingerprint density at radius 2 is 1.78 bits per heavy atom. The smallest absolute Gasteiger partial charge is 0.243 e. The van der Waals surface area contributed by atoms with Crippen LogP contribution in [-0.4, -0.2) is 11.7 Å². The van der Waals surface area contributed by atoms with E-state index in [9.17, 15) is 18.4 Å². The van der Waals surface area contributed by atoms with Gasteiger partial charge in [-0.05, 0) is 30.7 Å². The first kappa shape index (κ1) is 17.8. The van der Waals surface area contributed by atoms with Gasteiger partial charge in [-0.25, -0.2) is 8.78 Å². The molecule has 1 atom stereocenters. The molecule has 2 heterocycles. The standard InChI is InChI=1S/C20H12ClF2NO2S/c1-20(10-5-4-6-11(22)9-10)16(25)15-14(12-7-2-3-8-13(12)23)17(21)27-18(15)24-19(20)26/h2-9H,1H3,(H,24,26). The Hall–Kier alpha value is -2.57. The lowest BCUT2D eigenvalue weighted by molar-refractivity contribution is -0.119. The highest BCUT2D eigenvalue weighted by atomic mass is 35.5. The van der Waals surface area contributed by atoms with Gasteiger partial charge in [0.05, 0.1) is 5.56 Å². The van der Waals surface area contributed by atoms with Crippen LogP contribution in [-0.2, 0) is 10.2 Å². The van der Waals surface area contributed by atoms with Crippen molar-refractivity contribution in [1.29, 1.82) is 0 Å². The number of amides is 1. The number of hydrogen-bond acceptors (Lipinski definition) is 3. The number of nitrogens with one attached hydrogen (secondary N) is 1. The molecule has 136 valence electrons. The zero-order valence-electron chi connectivity index (χ0n) is 14.0. The molecular weight excluding hydrogens is 392 g/mol. The number of carbonyl (C=O) groups excluding carboxylic acids is 2. The Kier molecular flexibility index (Phi) is 4.13.